The fourth-order valence-electron chi connectivity index (χ4n) is 2.50. The van der Waals surface area contributed by atoms with E-state index in [1.54, 1.807) is 38.5 Å². The molecule has 3 N–H and O–H groups in total. The second-order valence-electron chi connectivity index (χ2n) is 6.40. The van der Waals surface area contributed by atoms with Crippen molar-refractivity contribution in [3.05, 3.63) is 52.8 Å². The van der Waals surface area contributed by atoms with E-state index in [4.69, 9.17) is 26.8 Å². The van der Waals surface area contributed by atoms with Gasteiger partial charge in [0.1, 0.15) is 17.3 Å². The summed E-state index contributed by atoms with van der Waals surface area (Å²) in [6.45, 7) is 4.30. The molecule has 0 unspecified atom stereocenters. The highest BCUT2D eigenvalue weighted by Gasteiger charge is 2.23. The first-order valence-electron chi connectivity index (χ1n) is 8.01. The van der Waals surface area contributed by atoms with Gasteiger partial charge in [-0.25, -0.2) is 4.39 Å². The van der Waals surface area contributed by atoms with Crippen molar-refractivity contribution in [3.8, 4) is 11.5 Å². The molecule has 0 spiro atoms. The van der Waals surface area contributed by atoms with Crippen LogP contribution in [0.15, 0.2) is 41.4 Å². The van der Waals surface area contributed by atoms with E-state index in [-0.39, 0.29) is 35.8 Å². The summed E-state index contributed by atoms with van der Waals surface area (Å²) in [6, 6.07) is 9.68. The Morgan fingerprint density at radius 1 is 1.19 bits per heavy atom. The van der Waals surface area contributed by atoms with E-state index in [1.807, 2.05) is 13.8 Å². The molecular formula is C19H24ClFIN3O2. The number of aliphatic imine (C=N–C) groups is 1. The number of guanidine groups is 1. The Labute approximate surface area is 181 Å². The lowest BCUT2D eigenvalue weighted by Crippen LogP contribution is -2.28. The van der Waals surface area contributed by atoms with Crippen molar-refractivity contribution < 1.29 is 13.9 Å². The van der Waals surface area contributed by atoms with Crippen LogP contribution >= 0.6 is 35.6 Å². The molecule has 0 radical (unpaired) electrons. The minimum atomic E-state index is -0.421. The van der Waals surface area contributed by atoms with Gasteiger partial charge in [0.2, 0.25) is 0 Å². The van der Waals surface area contributed by atoms with Crippen molar-refractivity contribution in [2.45, 2.75) is 19.3 Å². The predicted molar refractivity (Wildman–Crippen MR) is 120 cm³/mol. The predicted octanol–water partition coefficient (Wildman–Crippen LogP) is 4.82. The highest BCUT2D eigenvalue weighted by molar-refractivity contribution is 14.0. The van der Waals surface area contributed by atoms with E-state index in [9.17, 15) is 4.39 Å². The van der Waals surface area contributed by atoms with E-state index in [0.29, 0.717) is 28.8 Å². The van der Waals surface area contributed by atoms with E-state index < -0.39 is 5.41 Å². The molecular weight excluding hydrogens is 484 g/mol. The van der Waals surface area contributed by atoms with E-state index in [0.717, 1.165) is 5.56 Å². The number of hydrogen-bond acceptors (Lipinski definition) is 3. The number of anilines is 1. The summed E-state index contributed by atoms with van der Waals surface area (Å²) in [5.41, 5.74) is 7.04. The van der Waals surface area contributed by atoms with Crippen molar-refractivity contribution in [3.63, 3.8) is 0 Å². The fraction of sp³-hybridized carbons (Fsp3) is 0.316. The second-order valence-corrected chi connectivity index (χ2v) is 6.81. The molecule has 2 aromatic rings. The molecule has 2 aromatic carbocycles. The molecule has 8 heteroatoms. The summed E-state index contributed by atoms with van der Waals surface area (Å²) < 4.78 is 23.8. The summed E-state index contributed by atoms with van der Waals surface area (Å²) >= 11 is 6.17. The van der Waals surface area contributed by atoms with E-state index in [1.165, 1.54) is 12.1 Å². The van der Waals surface area contributed by atoms with Crippen LogP contribution in [0.25, 0.3) is 0 Å². The number of methoxy groups -OCH3 is 2. The van der Waals surface area contributed by atoms with Gasteiger partial charge in [0.15, 0.2) is 5.96 Å². The van der Waals surface area contributed by atoms with Crippen LogP contribution in [0, 0.1) is 5.82 Å². The molecule has 5 nitrogen and oxygen atoms in total. The van der Waals surface area contributed by atoms with Crippen molar-refractivity contribution >= 4 is 47.2 Å². The van der Waals surface area contributed by atoms with Crippen LogP contribution in [0.1, 0.15) is 19.4 Å². The average molecular weight is 508 g/mol. The van der Waals surface area contributed by atoms with Gasteiger partial charge in [-0.05, 0) is 29.8 Å². The maximum Gasteiger partial charge on any atom is 0.193 e. The zero-order chi connectivity index (χ0) is 19.3. The Hall–Kier alpha value is -1.74. The van der Waals surface area contributed by atoms with Crippen LogP contribution in [0.4, 0.5) is 10.1 Å². The largest absolute Gasteiger partial charge is 0.497 e. The number of nitrogens with one attached hydrogen (secondary N) is 1. The van der Waals surface area contributed by atoms with E-state index >= 15 is 0 Å². The zero-order valence-corrected chi connectivity index (χ0v) is 18.8. The number of nitrogens with zero attached hydrogens (tertiary/aromatic N) is 1. The third kappa shape index (κ3) is 6.14. The molecule has 0 amide bonds. The quantitative estimate of drug-likeness (QED) is 0.334. The lowest BCUT2D eigenvalue weighted by molar-refractivity contribution is 0.405. The van der Waals surface area contributed by atoms with Crippen LogP contribution in [0.3, 0.4) is 0 Å². The van der Waals surface area contributed by atoms with Crippen LogP contribution in [0.5, 0.6) is 11.5 Å². The first kappa shape index (κ1) is 23.3. The molecule has 0 aliphatic rings. The molecule has 0 aliphatic carbocycles. The SMILES string of the molecule is COc1ccc(OC)c(NC(N)=NCC(C)(C)c2ccc(F)cc2Cl)c1.I. The second kappa shape index (κ2) is 9.98. The number of halogens is 3. The maximum atomic E-state index is 13.3. The van der Waals surface area contributed by atoms with Crippen LogP contribution in [-0.4, -0.2) is 26.7 Å². The minimum absolute atomic E-state index is 0. The zero-order valence-electron chi connectivity index (χ0n) is 15.7. The molecule has 0 aliphatic heterocycles. The molecule has 0 bridgehead atoms. The average Bonchev–Trinajstić information content (AvgIpc) is 2.59. The normalized spacial score (nSPS) is 11.6. The topological polar surface area (TPSA) is 68.9 Å². The smallest absolute Gasteiger partial charge is 0.193 e. The minimum Gasteiger partial charge on any atom is -0.497 e. The standard InChI is InChI=1S/C19H23ClFN3O2.HI/c1-19(2,14-7-5-12(21)9-15(14)20)11-23-18(22)24-16-10-13(25-3)6-8-17(16)26-4;/h5-10H,11H2,1-4H3,(H3,22,23,24);1H. The van der Waals surface area contributed by atoms with Gasteiger partial charge in [0.05, 0.1) is 26.5 Å². The van der Waals surface area contributed by atoms with Gasteiger partial charge in [0, 0.05) is 16.5 Å². The van der Waals surface area contributed by atoms with Gasteiger partial charge in [-0.2, -0.15) is 0 Å². The van der Waals surface area contributed by atoms with Gasteiger partial charge in [-0.15, -0.1) is 24.0 Å². The number of nitrogens with two attached hydrogens (primary N) is 1. The van der Waals surface area contributed by atoms with Crippen molar-refractivity contribution in [1.29, 1.82) is 0 Å². The molecule has 0 saturated heterocycles. The Morgan fingerprint density at radius 2 is 1.89 bits per heavy atom. The Balaban J connectivity index is 0.00000364. The highest BCUT2D eigenvalue weighted by atomic mass is 127. The molecule has 148 valence electrons. The summed E-state index contributed by atoms with van der Waals surface area (Å²) in [5.74, 6) is 1.14. The first-order chi connectivity index (χ1) is 12.3. The third-order valence-electron chi connectivity index (χ3n) is 3.97. The van der Waals surface area contributed by atoms with Crippen molar-refractivity contribution in [1.82, 2.24) is 0 Å². The van der Waals surface area contributed by atoms with E-state index in [2.05, 4.69) is 10.3 Å². The lowest BCUT2D eigenvalue weighted by Gasteiger charge is -2.24. The molecule has 0 atom stereocenters. The van der Waals surface area contributed by atoms with Gasteiger partial charge < -0.3 is 20.5 Å². The number of rotatable bonds is 6. The first-order valence-corrected chi connectivity index (χ1v) is 8.39. The molecule has 0 aromatic heterocycles. The molecule has 0 fully saturated rings. The Bertz CT molecular complexity index is 816. The molecule has 0 saturated carbocycles. The third-order valence-corrected chi connectivity index (χ3v) is 4.29. The van der Waals surface area contributed by atoms with Gasteiger partial charge in [-0.3, -0.25) is 4.99 Å². The number of hydrogen-bond donors (Lipinski definition) is 2. The Kier molecular flexibility index (Phi) is 8.61. The van der Waals surface area contributed by atoms with Crippen LogP contribution in [-0.2, 0) is 5.41 Å². The summed E-state index contributed by atoms with van der Waals surface area (Å²) in [7, 11) is 3.15. The number of benzene rings is 2. The summed E-state index contributed by atoms with van der Waals surface area (Å²) in [4.78, 5) is 4.40. The molecule has 0 heterocycles. The van der Waals surface area contributed by atoms with Crippen molar-refractivity contribution in [2.75, 3.05) is 26.1 Å². The summed E-state index contributed by atoms with van der Waals surface area (Å²) in [5, 5.41) is 3.38. The summed E-state index contributed by atoms with van der Waals surface area (Å²) in [6.07, 6.45) is 0. The van der Waals surface area contributed by atoms with Crippen LogP contribution < -0.4 is 20.5 Å². The maximum absolute atomic E-state index is 13.3. The Morgan fingerprint density at radius 3 is 2.48 bits per heavy atom. The van der Waals surface area contributed by atoms with Crippen LogP contribution in [0.2, 0.25) is 5.02 Å². The van der Waals surface area contributed by atoms with Crippen molar-refractivity contribution in [2.24, 2.45) is 10.7 Å². The van der Waals surface area contributed by atoms with Gasteiger partial charge in [0.25, 0.3) is 0 Å². The highest BCUT2D eigenvalue weighted by Crippen LogP contribution is 2.31. The number of ether oxygens (including phenoxy) is 2. The van der Waals surface area contributed by atoms with Gasteiger partial charge in [-0.1, -0.05) is 31.5 Å². The lowest BCUT2D eigenvalue weighted by atomic mass is 9.84. The molecule has 27 heavy (non-hydrogen) atoms. The van der Waals surface area contributed by atoms with Gasteiger partial charge >= 0.3 is 0 Å². The fourth-order valence-corrected chi connectivity index (χ4v) is 2.92. The molecule has 2 rings (SSSR count). The monoisotopic (exact) mass is 507 g/mol.